The van der Waals surface area contributed by atoms with Crippen molar-refractivity contribution in [1.82, 2.24) is 15.2 Å². The van der Waals surface area contributed by atoms with Crippen LogP contribution < -0.4 is 15.5 Å². The summed E-state index contributed by atoms with van der Waals surface area (Å²) in [6, 6.07) is 8.32. The van der Waals surface area contributed by atoms with Crippen molar-refractivity contribution in [2.24, 2.45) is 5.92 Å². The Balaban J connectivity index is 1.63. The van der Waals surface area contributed by atoms with Gasteiger partial charge in [-0.1, -0.05) is 32.0 Å². The summed E-state index contributed by atoms with van der Waals surface area (Å²) in [7, 11) is 0. The minimum Gasteiger partial charge on any atom is -0.353 e. The van der Waals surface area contributed by atoms with Crippen LogP contribution in [0.4, 0.5) is 29.5 Å². The maximum atomic E-state index is 13.3. The second-order valence-electron chi connectivity index (χ2n) is 8.32. The molecule has 1 aliphatic heterocycles. The fourth-order valence-electron chi connectivity index (χ4n) is 3.73. The summed E-state index contributed by atoms with van der Waals surface area (Å²) in [5, 5.41) is 5.50. The number of rotatable bonds is 5. The summed E-state index contributed by atoms with van der Waals surface area (Å²) >= 11 is 0. The number of hydrogen-bond donors (Lipinski definition) is 2. The minimum atomic E-state index is -4.51. The molecule has 33 heavy (non-hydrogen) atoms. The molecule has 2 aromatic rings. The number of benzene rings is 1. The predicted octanol–water partition coefficient (Wildman–Crippen LogP) is 3.90. The molecule has 2 heterocycles. The van der Waals surface area contributed by atoms with Crippen LogP contribution in [-0.4, -0.2) is 54.0 Å². The highest BCUT2D eigenvalue weighted by Gasteiger charge is 2.37. The van der Waals surface area contributed by atoms with Crippen molar-refractivity contribution in [2.45, 2.75) is 33.0 Å². The van der Waals surface area contributed by atoms with Gasteiger partial charge in [-0.15, -0.1) is 0 Å². The number of urea groups is 1. The Labute approximate surface area is 191 Å². The van der Waals surface area contributed by atoms with Crippen molar-refractivity contribution >= 4 is 23.4 Å². The molecular formula is C23H28F3N5O2. The van der Waals surface area contributed by atoms with Crippen molar-refractivity contribution in [2.75, 3.05) is 36.4 Å². The first kappa shape index (κ1) is 24.3. The molecule has 0 bridgehead atoms. The third-order valence-corrected chi connectivity index (χ3v) is 5.60. The zero-order valence-electron chi connectivity index (χ0n) is 18.8. The second-order valence-corrected chi connectivity index (χ2v) is 8.32. The standard InChI is InChI=1S/C23H28F3N5O2/c1-15(2)19(29-22(33)28-18-9-5-4-7-16(18)3)21(32)31-13-11-30(12-14-31)20-17(23(24,25)26)8-6-10-27-20/h4-10,15,19H,11-14H2,1-3H3,(H2,28,29,33). The number of carbonyl (C=O) groups excluding carboxylic acids is 2. The molecule has 7 nitrogen and oxygen atoms in total. The molecule has 1 atom stereocenters. The molecule has 0 saturated carbocycles. The van der Waals surface area contributed by atoms with E-state index in [2.05, 4.69) is 15.6 Å². The molecule has 1 aromatic carbocycles. The van der Waals surface area contributed by atoms with Crippen LogP contribution in [0.3, 0.4) is 0 Å². The van der Waals surface area contributed by atoms with Gasteiger partial charge in [0.2, 0.25) is 5.91 Å². The quantitative estimate of drug-likeness (QED) is 0.705. The number of piperazine rings is 1. The van der Waals surface area contributed by atoms with Gasteiger partial charge in [0.15, 0.2) is 0 Å². The van der Waals surface area contributed by atoms with Crippen LogP contribution in [0, 0.1) is 12.8 Å². The number of halogens is 3. The highest BCUT2D eigenvalue weighted by molar-refractivity contribution is 5.94. The van der Waals surface area contributed by atoms with E-state index in [-0.39, 0.29) is 43.8 Å². The summed E-state index contributed by atoms with van der Waals surface area (Å²) < 4.78 is 40.0. The Morgan fingerprint density at radius 3 is 2.30 bits per heavy atom. The average Bonchev–Trinajstić information content (AvgIpc) is 2.78. The zero-order chi connectivity index (χ0) is 24.2. The van der Waals surface area contributed by atoms with Gasteiger partial charge < -0.3 is 20.4 Å². The van der Waals surface area contributed by atoms with Crippen LogP contribution in [0.2, 0.25) is 0 Å². The number of nitrogens with one attached hydrogen (secondary N) is 2. The molecule has 3 rings (SSSR count). The SMILES string of the molecule is Cc1ccccc1NC(=O)NC(C(=O)N1CCN(c2ncccc2C(F)(F)F)CC1)C(C)C. The molecule has 1 unspecified atom stereocenters. The van der Waals surface area contributed by atoms with Crippen LogP contribution in [0.5, 0.6) is 0 Å². The van der Waals surface area contributed by atoms with E-state index in [9.17, 15) is 22.8 Å². The highest BCUT2D eigenvalue weighted by atomic mass is 19.4. The molecule has 0 spiro atoms. The molecule has 3 amide bonds. The molecule has 2 N–H and O–H groups in total. The molecule has 1 aliphatic rings. The van der Waals surface area contributed by atoms with Crippen LogP contribution in [0.15, 0.2) is 42.6 Å². The van der Waals surface area contributed by atoms with Gasteiger partial charge in [0.1, 0.15) is 11.9 Å². The van der Waals surface area contributed by atoms with Crippen LogP contribution in [0.25, 0.3) is 0 Å². The zero-order valence-corrected chi connectivity index (χ0v) is 18.8. The molecule has 1 saturated heterocycles. The largest absolute Gasteiger partial charge is 0.419 e. The number of para-hydroxylation sites is 1. The average molecular weight is 464 g/mol. The summed E-state index contributed by atoms with van der Waals surface area (Å²) in [5.41, 5.74) is 0.748. The molecular weight excluding hydrogens is 435 g/mol. The van der Waals surface area contributed by atoms with Gasteiger partial charge in [0.05, 0.1) is 5.56 Å². The van der Waals surface area contributed by atoms with Gasteiger partial charge in [-0.25, -0.2) is 9.78 Å². The monoisotopic (exact) mass is 463 g/mol. The number of amides is 3. The highest BCUT2D eigenvalue weighted by Crippen LogP contribution is 2.35. The number of hydrogen-bond acceptors (Lipinski definition) is 4. The lowest BCUT2D eigenvalue weighted by Crippen LogP contribution is -2.57. The maximum absolute atomic E-state index is 13.3. The van der Waals surface area contributed by atoms with Crippen molar-refractivity contribution in [3.8, 4) is 0 Å². The minimum absolute atomic E-state index is 0.131. The number of aromatic nitrogens is 1. The number of alkyl halides is 3. The number of nitrogens with zero attached hydrogens (tertiary/aromatic N) is 3. The van der Waals surface area contributed by atoms with E-state index in [0.29, 0.717) is 5.69 Å². The summed E-state index contributed by atoms with van der Waals surface area (Å²) in [5.74, 6) is -0.569. The van der Waals surface area contributed by atoms with E-state index < -0.39 is 23.8 Å². The first-order chi connectivity index (χ1) is 15.6. The fourth-order valence-corrected chi connectivity index (χ4v) is 3.73. The van der Waals surface area contributed by atoms with E-state index in [1.54, 1.807) is 17.0 Å². The number of pyridine rings is 1. The lowest BCUT2D eigenvalue weighted by atomic mass is 10.0. The predicted molar refractivity (Wildman–Crippen MR) is 120 cm³/mol. The lowest BCUT2D eigenvalue weighted by molar-refractivity contribution is -0.138. The van der Waals surface area contributed by atoms with Crippen molar-refractivity contribution in [3.63, 3.8) is 0 Å². The first-order valence-electron chi connectivity index (χ1n) is 10.8. The summed E-state index contributed by atoms with van der Waals surface area (Å²) in [6.07, 6.45) is -3.18. The van der Waals surface area contributed by atoms with Crippen LogP contribution >= 0.6 is 0 Å². The van der Waals surface area contributed by atoms with Gasteiger partial charge >= 0.3 is 12.2 Å². The Kier molecular flexibility index (Phi) is 7.45. The Hall–Kier alpha value is -3.30. The Morgan fingerprint density at radius 2 is 1.70 bits per heavy atom. The number of anilines is 2. The Bertz CT molecular complexity index is 988. The molecule has 178 valence electrons. The maximum Gasteiger partial charge on any atom is 0.419 e. The van der Waals surface area contributed by atoms with Gasteiger partial charge in [-0.3, -0.25) is 4.79 Å². The van der Waals surface area contributed by atoms with E-state index in [1.165, 1.54) is 17.2 Å². The molecule has 1 aromatic heterocycles. The van der Waals surface area contributed by atoms with E-state index in [0.717, 1.165) is 11.6 Å². The molecule has 10 heteroatoms. The normalized spacial score (nSPS) is 15.4. The van der Waals surface area contributed by atoms with E-state index in [1.807, 2.05) is 32.9 Å². The van der Waals surface area contributed by atoms with Crippen molar-refractivity contribution < 1.29 is 22.8 Å². The topological polar surface area (TPSA) is 77.6 Å². The first-order valence-corrected chi connectivity index (χ1v) is 10.8. The van der Waals surface area contributed by atoms with Crippen LogP contribution in [-0.2, 0) is 11.0 Å². The molecule has 0 radical (unpaired) electrons. The number of carbonyl (C=O) groups is 2. The fraction of sp³-hybridized carbons (Fsp3) is 0.435. The van der Waals surface area contributed by atoms with Gasteiger partial charge in [-0.2, -0.15) is 13.2 Å². The van der Waals surface area contributed by atoms with Gasteiger partial charge in [0.25, 0.3) is 0 Å². The van der Waals surface area contributed by atoms with Crippen molar-refractivity contribution in [3.05, 3.63) is 53.7 Å². The lowest BCUT2D eigenvalue weighted by Gasteiger charge is -2.38. The van der Waals surface area contributed by atoms with Gasteiger partial charge in [0, 0.05) is 38.1 Å². The van der Waals surface area contributed by atoms with Crippen LogP contribution in [0.1, 0.15) is 25.0 Å². The van der Waals surface area contributed by atoms with Gasteiger partial charge in [-0.05, 0) is 36.6 Å². The summed E-state index contributed by atoms with van der Waals surface area (Å²) in [4.78, 5) is 32.7. The number of aryl methyl sites for hydroxylation is 1. The molecule has 0 aliphatic carbocycles. The molecule has 1 fully saturated rings. The van der Waals surface area contributed by atoms with Crippen molar-refractivity contribution in [1.29, 1.82) is 0 Å². The van der Waals surface area contributed by atoms with E-state index >= 15 is 0 Å². The third-order valence-electron chi connectivity index (χ3n) is 5.60. The smallest absolute Gasteiger partial charge is 0.353 e. The summed E-state index contributed by atoms with van der Waals surface area (Å²) in [6.45, 7) is 6.42. The third kappa shape index (κ3) is 5.94. The Morgan fingerprint density at radius 1 is 1.03 bits per heavy atom. The second kappa shape index (κ2) is 10.1. The van der Waals surface area contributed by atoms with E-state index in [4.69, 9.17) is 0 Å².